The molecule has 0 saturated carbocycles. The van der Waals surface area contributed by atoms with Crippen molar-refractivity contribution in [3.8, 4) is 0 Å². The summed E-state index contributed by atoms with van der Waals surface area (Å²) in [6.45, 7) is 0. The Morgan fingerprint density at radius 1 is 1.00 bits per heavy atom. The zero-order valence-electron chi connectivity index (χ0n) is 12.2. The second-order valence-electron chi connectivity index (χ2n) is 4.85. The Bertz CT molecular complexity index is 871. The molecular weight excluding hydrogens is 336 g/mol. The average molecular weight is 349 g/mol. The maximum atomic E-state index is 13.3. The Morgan fingerprint density at radius 3 is 2.48 bits per heavy atom. The maximum Gasteiger partial charge on any atom is 0.190 e. The summed E-state index contributed by atoms with van der Waals surface area (Å²) >= 11 is 2.95. The van der Waals surface area contributed by atoms with Gasteiger partial charge in [0.2, 0.25) is 0 Å². The number of nitrogens with zero attached hydrogens (tertiary/aromatic N) is 2. The predicted molar refractivity (Wildman–Crippen MR) is 91.7 cm³/mol. The molecule has 0 radical (unpaired) electrons. The standard InChI is InChI=1S/C16H13F2N3S2/c1-22-15-7-14(19)20-16(21-15)23-8-9-2-3-10-5-12(17)13(18)6-11(10)4-9/h2-7H,8H2,1H3,(H2,19,20,21). The van der Waals surface area contributed by atoms with Gasteiger partial charge in [0.05, 0.1) is 0 Å². The van der Waals surface area contributed by atoms with E-state index < -0.39 is 11.6 Å². The topological polar surface area (TPSA) is 51.8 Å². The average Bonchev–Trinajstić information content (AvgIpc) is 2.53. The van der Waals surface area contributed by atoms with E-state index in [0.29, 0.717) is 27.5 Å². The van der Waals surface area contributed by atoms with Crippen LogP contribution in [0.2, 0.25) is 0 Å². The fourth-order valence-electron chi connectivity index (χ4n) is 2.12. The molecule has 0 atom stereocenters. The van der Waals surface area contributed by atoms with E-state index in [0.717, 1.165) is 10.6 Å². The van der Waals surface area contributed by atoms with Crippen LogP contribution < -0.4 is 5.73 Å². The van der Waals surface area contributed by atoms with Gasteiger partial charge in [-0.05, 0) is 34.7 Å². The number of rotatable bonds is 4. The highest BCUT2D eigenvalue weighted by Crippen LogP contribution is 2.26. The van der Waals surface area contributed by atoms with Gasteiger partial charge in [-0.1, -0.05) is 30.0 Å². The van der Waals surface area contributed by atoms with Crippen LogP contribution in [0.4, 0.5) is 14.6 Å². The highest BCUT2D eigenvalue weighted by Gasteiger charge is 2.07. The van der Waals surface area contributed by atoms with E-state index in [1.165, 1.54) is 35.7 Å². The largest absolute Gasteiger partial charge is 0.384 e. The molecule has 3 nitrogen and oxygen atoms in total. The van der Waals surface area contributed by atoms with Gasteiger partial charge >= 0.3 is 0 Å². The summed E-state index contributed by atoms with van der Waals surface area (Å²) in [7, 11) is 0. The van der Waals surface area contributed by atoms with E-state index in [9.17, 15) is 8.78 Å². The van der Waals surface area contributed by atoms with Crippen LogP contribution in [0, 0.1) is 11.6 Å². The minimum Gasteiger partial charge on any atom is -0.384 e. The molecule has 2 N–H and O–H groups in total. The fourth-order valence-corrected chi connectivity index (χ4v) is 3.40. The first kappa shape index (κ1) is 16.0. The maximum absolute atomic E-state index is 13.3. The molecule has 0 aliphatic heterocycles. The summed E-state index contributed by atoms with van der Waals surface area (Å²) in [6, 6.07) is 9.64. The number of hydrogen-bond donors (Lipinski definition) is 1. The van der Waals surface area contributed by atoms with Gasteiger partial charge in [0.25, 0.3) is 0 Å². The Balaban J connectivity index is 1.82. The minimum absolute atomic E-state index is 0.433. The van der Waals surface area contributed by atoms with Crippen molar-refractivity contribution in [2.24, 2.45) is 0 Å². The molecule has 0 bridgehead atoms. The second kappa shape index (κ2) is 6.72. The molecule has 0 spiro atoms. The summed E-state index contributed by atoms with van der Waals surface area (Å²) in [5, 5.41) is 2.75. The number of thioether (sulfide) groups is 2. The van der Waals surface area contributed by atoms with E-state index in [4.69, 9.17) is 5.73 Å². The van der Waals surface area contributed by atoms with Gasteiger partial charge in [0.1, 0.15) is 10.8 Å². The number of aromatic nitrogens is 2. The lowest BCUT2D eigenvalue weighted by Crippen LogP contribution is -1.96. The van der Waals surface area contributed by atoms with Gasteiger partial charge in [-0.15, -0.1) is 11.8 Å². The summed E-state index contributed by atoms with van der Waals surface area (Å²) < 4.78 is 26.6. The third-order valence-electron chi connectivity index (χ3n) is 3.22. The third-order valence-corrected chi connectivity index (χ3v) is 4.77. The van der Waals surface area contributed by atoms with Crippen molar-refractivity contribution in [2.45, 2.75) is 15.9 Å². The molecule has 3 rings (SSSR count). The van der Waals surface area contributed by atoms with Crippen LogP contribution in [0.15, 0.2) is 46.6 Å². The second-order valence-corrected chi connectivity index (χ2v) is 6.62. The molecule has 23 heavy (non-hydrogen) atoms. The quantitative estimate of drug-likeness (QED) is 0.427. The van der Waals surface area contributed by atoms with E-state index in [-0.39, 0.29) is 0 Å². The molecule has 1 heterocycles. The van der Waals surface area contributed by atoms with Crippen LogP contribution in [-0.4, -0.2) is 16.2 Å². The SMILES string of the molecule is CSc1cc(N)nc(SCc2ccc3cc(F)c(F)cc3c2)n1. The molecular formula is C16H13F2N3S2. The highest BCUT2D eigenvalue weighted by molar-refractivity contribution is 7.99. The zero-order valence-corrected chi connectivity index (χ0v) is 13.8. The van der Waals surface area contributed by atoms with Crippen LogP contribution in [-0.2, 0) is 5.75 Å². The van der Waals surface area contributed by atoms with Crippen LogP contribution in [0.5, 0.6) is 0 Å². The fraction of sp³-hybridized carbons (Fsp3) is 0.125. The molecule has 0 amide bonds. The number of nitrogens with two attached hydrogens (primary N) is 1. The van der Waals surface area contributed by atoms with Gasteiger partial charge in [-0.3, -0.25) is 0 Å². The van der Waals surface area contributed by atoms with Crippen LogP contribution in [0.3, 0.4) is 0 Å². The van der Waals surface area contributed by atoms with Crippen LogP contribution >= 0.6 is 23.5 Å². The number of anilines is 1. The molecule has 0 aliphatic carbocycles. The van der Waals surface area contributed by atoms with Crippen molar-refractivity contribution in [2.75, 3.05) is 12.0 Å². The van der Waals surface area contributed by atoms with Crippen molar-refractivity contribution < 1.29 is 8.78 Å². The molecule has 7 heteroatoms. The van der Waals surface area contributed by atoms with E-state index in [1.54, 1.807) is 12.1 Å². The zero-order chi connectivity index (χ0) is 16.4. The normalized spacial score (nSPS) is 11.1. The molecule has 118 valence electrons. The van der Waals surface area contributed by atoms with Gasteiger partial charge in [0, 0.05) is 11.8 Å². The number of hydrogen-bond acceptors (Lipinski definition) is 5. The van der Waals surface area contributed by atoms with Crippen molar-refractivity contribution in [1.82, 2.24) is 9.97 Å². The smallest absolute Gasteiger partial charge is 0.190 e. The molecule has 1 aromatic heterocycles. The third kappa shape index (κ3) is 3.73. The minimum atomic E-state index is -0.842. The molecule has 0 fully saturated rings. The van der Waals surface area contributed by atoms with Gasteiger partial charge in [0.15, 0.2) is 16.8 Å². The first-order valence-electron chi connectivity index (χ1n) is 6.74. The van der Waals surface area contributed by atoms with Crippen molar-refractivity contribution >= 4 is 40.1 Å². The highest BCUT2D eigenvalue weighted by atomic mass is 32.2. The number of halogens is 2. The Hall–Kier alpha value is -1.86. The number of benzene rings is 2. The van der Waals surface area contributed by atoms with E-state index in [1.807, 2.05) is 18.4 Å². The monoisotopic (exact) mass is 349 g/mol. The summed E-state index contributed by atoms with van der Waals surface area (Å²) in [4.78, 5) is 8.57. The van der Waals surface area contributed by atoms with Crippen molar-refractivity contribution in [3.05, 3.63) is 53.6 Å². The Labute approximate surface area is 140 Å². The van der Waals surface area contributed by atoms with E-state index in [2.05, 4.69) is 9.97 Å². The lowest BCUT2D eigenvalue weighted by atomic mass is 10.1. The molecule has 3 aromatic rings. The first-order valence-corrected chi connectivity index (χ1v) is 8.95. The molecule has 0 aliphatic rings. The number of nitrogen functional groups attached to an aromatic ring is 1. The van der Waals surface area contributed by atoms with E-state index >= 15 is 0 Å². The van der Waals surface area contributed by atoms with Crippen molar-refractivity contribution in [1.29, 1.82) is 0 Å². The Kier molecular flexibility index (Phi) is 4.68. The lowest BCUT2D eigenvalue weighted by Gasteiger charge is -2.06. The number of fused-ring (bicyclic) bond motifs is 1. The molecule has 0 unspecified atom stereocenters. The lowest BCUT2D eigenvalue weighted by molar-refractivity contribution is 0.511. The Morgan fingerprint density at radius 2 is 1.74 bits per heavy atom. The van der Waals surface area contributed by atoms with Gasteiger partial charge in [-0.2, -0.15) is 0 Å². The van der Waals surface area contributed by atoms with Crippen LogP contribution in [0.25, 0.3) is 10.8 Å². The predicted octanol–water partition coefficient (Wildman–Crippen LogP) is 4.50. The summed E-state index contributed by atoms with van der Waals surface area (Å²) in [5.74, 6) is -0.627. The van der Waals surface area contributed by atoms with Gasteiger partial charge in [-0.25, -0.2) is 18.7 Å². The van der Waals surface area contributed by atoms with Gasteiger partial charge < -0.3 is 5.73 Å². The molecule has 0 saturated heterocycles. The van der Waals surface area contributed by atoms with Crippen molar-refractivity contribution in [3.63, 3.8) is 0 Å². The first-order chi connectivity index (χ1) is 11.0. The summed E-state index contributed by atoms with van der Waals surface area (Å²) in [5.41, 5.74) is 6.73. The summed E-state index contributed by atoms with van der Waals surface area (Å²) in [6.07, 6.45) is 1.92. The van der Waals surface area contributed by atoms with Crippen LogP contribution in [0.1, 0.15) is 5.56 Å². The molecule has 2 aromatic carbocycles.